The van der Waals surface area contributed by atoms with Crippen molar-refractivity contribution in [2.45, 2.75) is 32.3 Å². The van der Waals surface area contributed by atoms with E-state index in [1.807, 2.05) is 12.1 Å². The van der Waals surface area contributed by atoms with Gasteiger partial charge in [-0.05, 0) is 31.2 Å². The fraction of sp³-hybridized carbons (Fsp3) is 0.500. The second kappa shape index (κ2) is 4.68. The number of aliphatic hydroxyl groups excluding tert-OH is 1. The third-order valence-electron chi connectivity index (χ3n) is 3.74. The van der Waals surface area contributed by atoms with Crippen molar-refractivity contribution in [3.63, 3.8) is 0 Å². The summed E-state index contributed by atoms with van der Waals surface area (Å²) in [4.78, 5) is 0. The van der Waals surface area contributed by atoms with E-state index in [1.54, 1.807) is 12.1 Å². The Bertz CT molecular complexity index is 454. The lowest BCUT2D eigenvalue weighted by Crippen LogP contribution is -2.24. The molecule has 0 aromatic heterocycles. The van der Waals surface area contributed by atoms with Crippen LogP contribution in [0, 0.1) is 22.7 Å². The van der Waals surface area contributed by atoms with Gasteiger partial charge in [0.15, 0.2) is 0 Å². The number of nitriles is 1. The van der Waals surface area contributed by atoms with Crippen LogP contribution in [0.15, 0.2) is 24.3 Å². The molecule has 0 saturated heterocycles. The number of nitrogens with zero attached hydrogens (tertiary/aromatic N) is 1. The molecular formula is C14H16ClNO. The van der Waals surface area contributed by atoms with E-state index in [4.69, 9.17) is 11.6 Å². The Morgan fingerprint density at radius 1 is 1.53 bits per heavy atom. The highest BCUT2D eigenvalue weighted by Gasteiger charge is 2.44. The van der Waals surface area contributed by atoms with Crippen LogP contribution in [0.3, 0.4) is 0 Å². The van der Waals surface area contributed by atoms with Crippen LogP contribution < -0.4 is 0 Å². The van der Waals surface area contributed by atoms with Gasteiger partial charge in [0.05, 0.1) is 17.6 Å². The Morgan fingerprint density at radius 2 is 2.24 bits per heavy atom. The molecule has 3 heteroatoms. The average Bonchev–Trinajstić information content (AvgIpc) is 2.72. The Hall–Kier alpha value is -1.04. The van der Waals surface area contributed by atoms with Gasteiger partial charge in [-0.2, -0.15) is 5.26 Å². The SMILES string of the molecule is CC1CCC(C#N)(C(O)c2ccccc2Cl)C1. The van der Waals surface area contributed by atoms with E-state index < -0.39 is 11.5 Å². The fourth-order valence-corrected chi connectivity index (χ4v) is 2.97. The largest absolute Gasteiger partial charge is 0.387 e. The third kappa shape index (κ3) is 2.18. The second-order valence-electron chi connectivity index (χ2n) is 5.04. The summed E-state index contributed by atoms with van der Waals surface area (Å²) >= 11 is 6.08. The maximum Gasteiger partial charge on any atom is 0.0990 e. The molecule has 1 fully saturated rings. The molecule has 1 N–H and O–H groups in total. The summed E-state index contributed by atoms with van der Waals surface area (Å²) in [5.41, 5.74) is 0.00883. The van der Waals surface area contributed by atoms with Crippen LogP contribution in [0.4, 0.5) is 0 Å². The molecule has 0 bridgehead atoms. The number of hydrogen-bond acceptors (Lipinski definition) is 2. The maximum absolute atomic E-state index is 10.5. The first-order chi connectivity index (χ1) is 8.09. The van der Waals surface area contributed by atoms with Crippen molar-refractivity contribution in [2.75, 3.05) is 0 Å². The molecule has 0 radical (unpaired) electrons. The lowest BCUT2D eigenvalue weighted by atomic mass is 9.78. The first-order valence-electron chi connectivity index (χ1n) is 5.93. The second-order valence-corrected chi connectivity index (χ2v) is 5.45. The molecule has 1 saturated carbocycles. The van der Waals surface area contributed by atoms with Crippen molar-refractivity contribution < 1.29 is 5.11 Å². The van der Waals surface area contributed by atoms with Gasteiger partial charge in [-0.25, -0.2) is 0 Å². The van der Waals surface area contributed by atoms with Crippen LogP contribution in [0.2, 0.25) is 5.02 Å². The van der Waals surface area contributed by atoms with E-state index >= 15 is 0 Å². The smallest absolute Gasteiger partial charge is 0.0990 e. The first-order valence-corrected chi connectivity index (χ1v) is 6.30. The molecule has 0 heterocycles. The number of hydrogen-bond donors (Lipinski definition) is 1. The molecule has 1 aliphatic rings. The Balaban J connectivity index is 2.34. The third-order valence-corrected chi connectivity index (χ3v) is 4.09. The minimum atomic E-state index is -0.786. The zero-order valence-electron chi connectivity index (χ0n) is 9.86. The van der Waals surface area contributed by atoms with Crippen molar-refractivity contribution in [1.29, 1.82) is 5.26 Å². The summed E-state index contributed by atoms with van der Waals surface area (Å²) < 4.78 is 0. The van der Waals surface area contributed by atoms with Crippen LogP contribution in [-0.4, -0.2) is 5.11 Å². The van der Waals surface area contributed by atoms with Crippen LogP contribution in [0.1, 0.15) is 37.9 Å². The molecule has 1 aliphatic carbocycles. The minimum absolute atomic E-state index is 0.492. The molecule has 1 aromatic rings. The molecular weight excluding hydrogens is 234 g/mol. The Labute approximate surface area is 107 Å². The molecule has 3 unspecified atom stereocenters. The normalized spacial score (nSPS) is 29.9. The molecule has 3 atom stereocenters. The highest BCUT2D eigenvalue weighted by atomic mass is 35.5. The van der Waals surface area contributed by atoms with Crippen molar-refractivity contribution >= 4 is 11.6 Å². The zero-order valence-corrected chi connectivity index (χ0v) is 10.6. The molecule has 90 valence electrons. The standard InChI is InChI=1S/C14H16ClNO/c1-10-6-7-14(8-10,9-16)13(17)11-4-2-3-5-12(11)15/h2-5,10,13,17H,6-8H2,1H3. The average molecular weight is 250 g/mol. The van der Waals surface area contributed by atoms with Crippen molar-refractivity contribution in [3.05, 3.63) is 34.9 Å². The molecule has 17 heavy (non-hydrogen) atoms. The number of halogens is 1. The van der Waals surface area contributed by atoms with E-state index in [9.17, 15) is 10.4 Å². The van der Waals surface area contributed by atoms with Gasteiger partial charge < -0.3 is 5.11 Å². The predicted octanol–water partition coefficient (Wildman–Crippen LogP) is 3.70. The van der Waals surface area contributed by atoms with Gasteiger partial charge >= 0.3 is 0 Å². The molecule has 2 nitrogen and oxygen atoms in total. The maximum atomic E-state index is 10.5. The van der Waals surface area contributed by atoms with E-state index in [1.165, 1.54) is 0 Å². The van der Waals surface area contributed by atoms with Crippen molar-refractivity contribution in [3.8, 4) is 6.07 Å². The molecule has 2 rings (SSSR count). The fourth-order valence-electron chi connectivity index (χ4n) is 2.74. The van der Waals surface area contributed by atoms with Crippen LogP contribution in [0.25, 0.3) is 0 Å². The van der Waals surface area contributed by atoms with Gasteiger partial charge in [-0.1, -0.05) is 36.7 Å². The molecule has 0 spiro atoms. The Kier molecular flexibility index (Phi) is 3.42. The van der Waals surface area contributed by atoms with Crippen molar-refractivity contribution in [1.82, 2.24) is 0 Å². The zero-order chi connectivity index (χ0) is 12.5. The van der Waals surface area contributed by atoms with Gasteiger partial charge in [0, 0.05) is 10.6 Å². The number of benzene rings is 1. The summed E-state index contributed by atoms with van der Waals surface area (Å²) in [7, 11) is 0. The van der Waals surface area contributed by atoms with Crippen LogP contribution in [0.5, 0.6) is 0 Å². The monoisotopic (exact) mass is 249 g/mol. The minimum Gasteiger partial charge on any atom is -0.387 e. The molecule has 0 aliphatic heterocycles. The summed E-state index contributed by atoms with van der Waals surface area (Å²) in [6, 6.07) is 9.55. The predicted molar refractivity (Wildman–Crippen MR) is 67.5 cm³/mol. The topological polar surface area (TPSA) is 44.0 Å². The highest BCUT2D eigenvalue weighted by molar-refractivity contribution is 6.31. The summed E-state index contributed by atoms with van der Waals surface area (Å²) in [6.45, 7) is 2.12. The van der Waals surface area contributed by atoms with Gasteiger partial charge in [0.2, 0.25) is 0 Å². The summed E-state index contributed by atoms with van der Waals surface area (Å²) in [5, 5.41) is 20.4. The number of aliphatic hydroxyl groups is 1. The van der Waals surface area contributed by atoms with Crippen LogP contribution in [-0.2, 0) is 0 Å². The van der Waals surface area contributed by atoms with Gasteiger partial charge in [0.25, 0.3) is 0 Å². The van der Waals surface area contributed by atoms with Gasteiger partial charge in [0.1, 0.15) is 0 Å². The molecule has 0 amide bonds. The van der Waals surface area contributed by atoms with E-state index in [0.29, 0.717) is 16.5 Å². The number of rotatable bonds is 2. The van der Waals surface area contributed by atoms with E-state index in [2.05, 4.69) is 13.0 Å². The van der Waals surface area contributed by atoms with Gasteiger partial charge in [-0.3, -0.25) is 0 Å². The summed E-state index contributed by atoms with van der Waals surface area (Å²) in [5.74, 6) is 0.492. The molecule has 1 aromatic carbocycles. The van der Waals surface area contributed by atoms with Crippen LogP contribution >= 0.6 is 11.6 Å². The Morgan fingerprint density at radius 3 is 2.76 bits per heavy atom. The lowest BCUT2D eigenvalue weighted by Gasteiger charge is -2.28. The van der Waals surface area contributed by atoms with E-state index in [0.717, 1.165) is 19.3 Å². The highest BCUT2D eigenvalue weighted by Crippen LogP contribution is 2.50. The summed E-state index contributed by atoms with van der Waals surface area (Å²) in [6.07, 6.45) is 1.70. The first kappa shape index (κ1) is 12.4. The quantitative estimate of drug-likeness (QED) is 0.869. The van der Waals surface area contributed by atoms with E-state index in [-0.39, 0.29) is 0 Å². The van der Waals surface area contributed by atoms with Gasteiger partial charge in [-0.15, -0.1) is 0 Å². The lowest BCUT2D eigenvalue weighted by molar-refractivity contribution is 0.0648. The van der Waals surface area contributed by atoms with Crippen molar-refractivity contribution in [2.24, 2.45) is 11.3 Å².